The number of hydrogen-bond acceptors (Lipinski definition) is 2. The van der Waals surface area contributed by atoms with Crippen LogP contribution in [0.3, 0.4) is 0 Å². The Hall–Kier alpha value is -0.0800. The second-order valence-electron chi connectivity index (χ2n) is 3.13. The molecule has 0 atom stereocenters. The van der Waals surface area contributed by atoms with Gasteiger partial charge < -0.3 is 9.80 Å². The van der Waals surface area contributed by atoms with Gasteiger partial charge in [-0.05, 0) is 19.5 Å². The second kappa shape index (κ2) is 4.73. The molecular weight excluding hydrogens is 136 g/mol. The van der Waals surface area contributed by atoms with Crippen molar-refractivity contribution >= 4 is 0 Å². The summed E-state index contributed by atoms with van der Waals surface area (Å²) in [6.07, 6.45) is 1.05. The Balaban J connectivity index is 2.14. The van der Waals surface area contributed by atoms with Crippen LogP contribution in [-0.2, 0) is 0 Å². The number of likely N-dealkylation sites (N-methyl/N-ethyl adjacent to an activating group) is 1. The first-order chi connectivity index (χ1) is 5.36. The average Bonchev–Trinajstić information content (AvgIpc) is 2.07. The van der Waals surface area contributed by atoms with Crippen molar-refractivity contribution in [2.75, 3.05) is 39.3 Å². The Morgan fingerprint density at radius 1 is 1.09 bits per heavy atom. The summed E-state index contributed by atoms with van der Waals surface area (Å²) < 4.78 is 0. The molecule has 1 rings (SSSR count). The lowest BCUT2D eigenvalue weighted by Crippen LogP contribution is -2.46. The summed E-state index contributed by atoms with van der Waals surface area (Å²) in [6, 6.07) is 0. The standard InChI is InChI=1S/C9H19N2/c1-3-5-11-8-6-10(4-2)7-9-11/h1,3-9H2,2H3. The number of hydrogen-bond donors (Lipinski definition) is 0. The fourth-order valence-corrected chi connectivity index (χ4v) is 1.55. The maximum absolute atomic E-state index is 3.86. The maximum atomic E-state index is 3.86. The smallest absolute Gasteiger partial charge is 0.0110 e. The van der Waals surface area contributed by atoms with E-state index in [2.05, 4.69) is 23.6 Å². The summed E-state index contributed by atoms with van der Waals surface area (Å²) in [4.78, 5) is 5.00. The zero-order valence-electron chi connectivity index (χ0n) is 7.55. The van der Waals surface area contributed by atoms with Gasteiger partial charge in [-0.25, -0.2) is 0 Å². The molecule has 65 valence electrons. The van der Waals surface area contributed by atoms with Gasteiger partial charge in [0.25, 0.3) is 0 Å². The monoisotopic (exact) mass is 155 g/mol. The minimum Gasteiger partial charge on any atom is -0.301 e. The molecule has 0 bridgehead atoms. The van der Waals surface area contributed by atoms with Gasteiger partial charge in [-0.15, -0.1) is 0 Å². The molecule has 1 aliphatic rings. The van der Waals surface area contributed by atoms with E-state index in [1.54, 1.807) is 0 Å². The fourth-order valence-electron chi connectivity index (χ4n) is 1.55. The number of rotatable bonds is 3. The molecule has 2 nitrogen and oxygen atoms in total. The van der Waals surface area contributed by atoms with Crippen LogP contribution >= 0.6 is 0 Å². The molecule has 1 radical (unpaired) electrons. The molecule has 1 saturated heterocycles. The third-order valence-corrected chi connectivity index (χ3v) is 2.39. The van der Waals surface area contributed by atoms with E-state index in [1.165, 1.54) is 39.3 Å². The molecule has 2 heteroatoms. The third-order valence-electron chi connectivity index (χ3n) is 2.39. The molecule has 0 unspecified atom stereocenters. The number of piperazine rings is 1. The highest BCUT2D eigenvalue weighted by molar-refractivity contribution is 4.70. The van der Waals surface area contributed by atoms with Crippen molar-refractivity contribution < 1.29 is 0 Å². The molecule has 0 aromatic heterocycles. The molecule has 1 fully saturated rings. The lowest BCUT2D eigenvalue weighted by Gasteiger charge is -2.33. The lowest BCUT2D eigenvalue weighted by molar-refractivity contribution is 0.139. The van der Waals surface area contributed by atoms with E-state index < -0.39 is 0 Å². The van der Waals surface area contributed by atoms with Crippen molar-refractivity contribution in [2.24, 2.45) is 0 Å². The Morgan fingerprint density at radius 2 is 1.64 bits per heavy atom. The van der Waals surface area contributed by atoms with Crippen LogP contribution in [0.5, 0.6) is 0 Å². The normalized spacial score (nSPS) is 22.4. The van der Waals surface area contributed by atoms with E-state index in [0.717, 1.165) is 6.42 Å². The van der Waals surface area contributed by atoms with Gasteiger partial charge >= 0.3 is 0 Å². The Kier molecular flexibility index (Phi) is 3.87. The summed E-state index contributed by atoms with van der Waals surface area (Å²) in [5.74, 6) is 0. The average molecular weight is 155 g/mol. The minimum absolute atomic E-state index is 1.05. The van der Waals surface area contributed by atoms with E-state index in [-0.39, 0.29) is 0 Å². The molecule has 11 heavy (non-hydrogen) atoms. The van der Waals surface area contributed by atoms with Crippen LogP contribution in [0.2, 0.25) is 0 Å². The van der Waals surface area contributed by atoms with E-state index >= 15 is 0 Å². The molecule has 0 amide bonds. The number of nitrogens with zero attached hydrogens (tertiary/aromatic N) is 2. The topological polar surface area (TPSA) is 6.48 Å². The van der Waals surface area contributed by atoms with Crippen LogP contribution < -0.4 is 0 Å². The summed E-state index contributed by atoms with van der Waals surface area (Å²) in [5.41, 5.74) is 0. The van der Waals surface area contributed by atoms with Gasteiger partial charge in [0.1, 0.15) is 0 Å². The van der Waals surface area contributed by atoms with Crippen molar-refractivity contribution in [3.63, 3.8) is 0 Å². The predicted octanol–water partition coefficient (Wildman–Crippen LogP) is 0.848. The molecule has 1 aliphatic heterocycles. The van der Waals surface area contributed by atoms with Crippen LogP contribution in [0.4, 0.5) is 0 Å². The van der Waals surface area contributed by atoms with Crippen molar-refractivity contribution in [3.05, 3.63) is 6.92 Å². The van der Waals surface area contributed by atoms with Gasteiger partial charge in [-0.3, -0.25) is 0 Å². The van der Waals surface area contributed by atoms with E-state index in [9.17, 15) is 0 Å². The third kappa shape index (κ3) is 2.80. The molecule has 0 N–H and O–H groups in total. The van der Waals surface area contributed by atoms with Crippen molar-refractivity contribution in [3.8, 4) is 0 Å². The van der Waals surface area contributed by atoms with Crippen LogP contribution in [0.1, 0.15) is 13.3 Å². The van der Waals surface area contributed by atoms with E-state index in [1.807, 2.05) is 0 Å². The Bertz CT molecular complexity index is 95.7. The van der Waals surface area contributed by atoms with Gasteiger partial charge in [0.2, 0.25) is 0 Å². The highest BCUT2D eigenvalue weighted by Crippen LogP contribution is 2.00. The lowest BCUT2D eigenvalue weighted by atomic mass is 10.3. The van der Waals surface area contributed by atoms with E-state index in [4.69, 9.17) is 0 Å². The Labute approximate surface area is 70.2 Å². The minimum atomic E-state index is 1.05. The van der Waals surface area contributed by atoms with Crippen LogP contribution in [0.15, 0.2) is 0 Å². The molecule has 0 saturated carbocycles. The van der Waals surface area contributed by atoms with Crippen molar-refractivity contribution in [1.82, 2.24) is 9.80 Å². The largest absolute Gasteiger partial charge is 0.301 e. The molecule has 1 heterocycles. The van der Waals surface area contributed by atoms with Gasteiger partial charge in [0, 0.05) is 26.2 Å². The first kappa shape index (κ1) is 9.01. The Morgan fingerprint density at radius 3 is 2.09 bits per heavy atom. The molecular formula is C9H19N2. The summed E-state index contributed by atoms with van der Waals surface area (Å²) in [5, 5.41) is 0. The maximum Gasteiger partial charge on any atom is 0.0110 e. The molecule has 0 aromatic rings. The van der Waals surface area contributed by atoms with Crippen LogP contribution in [-0.4, -0.2) is 49.1 Å². The zero-order chi connectivity index (χ0) is 8.10. The summed E-state index contributed by atoms with van der Waals surface area (Å²) >= 11 is 0. The van der Waals surface area contributed by atoms with Gasteiger partial charge in [0.05, 0.1) is 0 Å². The van der Waals surface area contributed by atoms with Crippen LogP contribution in [0.25, 0.3) is 0 Å². The highest BCUT2D eigenvalue weighted by atomic mass is 15.3. The second-order valence-corrected chi connectivity index (χ2v) is 3.13. The quantitative estimate of drug-likeness (QED) is 0.596. The predicted molar refractivity (Wildman–Crippen MR) is 48.5 cm³/mol. The first-order valence-electron chi connectivity index (χ1n) is 4.60. The van der Waals surface area contributed by atoms with Gasteiger partial charge in [-0.1, -0.05) is 13.8 Å². The molecule has 0 aromatic carbocycles. The molecule has 0 aliphatic carbocycles. The van der Waals surface area contributed by atoms with Crippen molar-refractivity contribution in [2.45, 2.75) is 13.3 Å². The van der Waals surface area contributed by atoms with Crippen LogP contribution in [0, 0.1) is 6.92 Å². The fraction of sp³-hybridized carbons (Fsp3) is 0.889. The zero-order valence-corrected chi connectivity index (χ0v) is 7.55. The van der Waals surface area contributed by atoms with Crippen molar-refractivity contribution in [1.29, 1.82) is 0 Å². The van der Waals surface area contributed by atoms with Gasteiger partial charge in [0.15, 0.2) is 0 Å². The first-order valence-corrected chi connectivity index (χ1v) is 4.60. The van der Waals surface area contributed by atoms with Gasteiger partial charge in [-0.2, -0.15) is 0 Å². The SMILES string of the molecule is [CH2]CCN1CCN(CC)CC1. The van der Waals surface area contributed by atoms with E-state index in [0.29, 0.717) is 0 Å². The highest BCUT2D eigenvalue weighted by Gasteiger charge is 2.13. The summed E-state index contributed by atoms with van der Waals surface area (Å²) in [7, 11) is 0. The summed E-state index contributed by atoms with van der Waals surface area (Å²) in [6.45, 7) is 13.5. The molecule has 0 spiro atoms.